The van der Waals surface area contributed by atoms with E-state index in [0.717, 1.165) is 6.54 Å². The third-order valence-corrected chi connectivity index (χ3v) is 4.42. The van der Waals surface area contributed by atoms with Gasteiger partial charge >= 0.3 is 0 Å². The van der Waals surface area contributed by atoms with Crippen LogP contribution in [0.25, 0.3) is 0 Å². The summed E-state index contributed by atoms with van der Waals surface area (Å²) in [5.41, 5.74) is 2.65. The Balaban J connectivity index is 1.82. The van der Waals surface area contributed by atoms with Crippen molar-refractivity contribution in [3.63, 3.8) is 0 Å². The van der Waals surface area contributed by atoms with Crippen LogP contribution in [0.1, 0.15) is 18.4 Å². The first-order valence-corrected chi connectivity index (χ1v) is 7.48. The second-order valence-corrected chi connectivity index (χ2v) is 6.01. The van der Waals surface area contributed by atoms with Gasteiger partial charge < -0.3 is 10.2 Å². The van der Waals surface area contributed by atoms with E-state index < -0.39 is 0 Å². The lowest BCUT2D eigenvalue weighted by Gasteiger charge is -2.22. The van der Waals surface area contributed by atoms with Gasteiger partial charge in [0.05, 0.1) is 0 Å². The van der Waals surface area contributed by atoms with Gasteiger partial charge in [-0.3, -0.25) is 0 Å². The molecule has 1 unspecified atom stereocenters. The van der Waals surface area contributed by atoms with Crippen molar-refractivity contribution >= 4 is 17.4 Å². The smallest absolute Gasteiger partial charge is 0.0361 e. The zero-order chi connectivity index (χ0) is 12.1. The fourth-order valence-electron chi connectivity index (χ4n) is 2.08. The van der Waals surface area contributed by atoms with Crippen LogP contribution in [0.5, 0.6) is 0 Å². The maximum Gasteiger partial charge on any atom is 0.0361 e. The maximum absolute atomic E-state index is 3.65. The van der Waals surface area contributed by atoms with Crippen LogP contribution in [0.4, 0.5) is 5.69 Å². The summed E-state index contributed by atoms with van der Waals surface area (Å²) < 4.78 is 0. The molecular weight excluding hydrogens is 228 g/mol. The Kier molecular flexibility index (Phi) is 4.75. The lowest BCUT2D eigenvalue weighted by atomic mass is 10.1. The molecule has 1 aromatic carbocycles. The Morgan fingerprint density at radius 2 is 2.06 bits per heavy atom. The fourth-order valence-corrected chi connectivity index (χ4v) is 3.18. The minimum Gasteiger partial charge on any atom is -0.378 e. The van der Waals surface area contributed by atoms with E-state index in [4.69, 9.17) is 0 Å². The monoisotopic (exact) mass is 250 g/mol. The lowest BCUT2D eigenvalue weighted by molar-refractivity contribution is 0.507. The summed E-state index contributed by atoms with van der Waals surface area (Å²) in [5, 5.41) is 3.65. The van der Waals surface area contributed by atoms with E-state index in [2.05, 4.69) is 60.3 Å². The molecule has 1 aliphatic heterocycles. The molecule has 1 fully saturated rings. The first-order chi connectivity index (χ1) is 8.25. The zero-order valence-corrected chi connectivity index (χ0v) is 11.6. The molecule has 0 bridgehead atoms. The quantitative estimate of drug-likeness (QED) is 0.884. The van der Waals surface area contributed by atoms with Gasteiger partial charge in [0, 0.05) is 38.1 Å². The molecule has 1 atom stereocenters. The molecule has 1 N–H and O–H groups in total. The topological polar surface area (TPSA) is 15.3 Å². The molecule has 3 heteroatoms. The minimum absolute atomic E-state index is 0.710. The molecule has 2 rings (SSSR count). The maximum atomic E-state index is 3.65. The molecule has 0 aliphatic carbocycles. The molecule has 17 heavy (non-hydrogen) atoms. The largest absolute Gasteiger partial charge is 0.378 e. The van der Waals surface area contributed by atoms with E-state index in [0.29, 0.717) is 6.04 Å². The number of thioether (sulfide) groups is 1. The highest BCUT2D eigenvalue weighted by Gasteiger charge is 2.12. The highest BCUT2D eigenvalue weighted by Crippen LogP contribution is 2.18. The number of hydrogen-bond acceptors (Lipinski definition) is 3. The predicted octanol–water partition coefficient (Wildman–Crippen LogP) is 2.74. The summed E-state index contributed by atoms with van der Waals surface area (Å²) in [5.74, 6) is 2.62. The highest BCUT2D eigenvalue weighted by molar-refractivity contribution is 7.99. The number of hydrogen-bond donors (Lipinski definition) is 1. The summed E-state index contributed by atoms with van der Waals surface area (Å²) in [6.07, 6.45) is 2.70. The second-order valence-electron chi connectivity index (χ2n) is 4.86. The Morgan fingerprint density at radius 1 is 1.29 bits per heavy atom. The van der Waals surface area contributed by atoms with Crippen molar-refractivity contribution in [3.8, 4) is 0 Å². The molecule has 1 aromatic rings. The molecule has 0 spiro atoms. The van der Waals surface area contributed by atoms with E-state index in [1.807, 2.05) is 0 Å². The van der Waals surface area contributed by atoms with Crippen LogP contribution in [0.15, 0.2) is 24.3 Å². The van der Waals surface area contributed by atoms with Crippen LogP contribution >= 0.6 is 11.8 Å². The van der Waals surface area contributed by atoms with E-state index in [1.165, 1.54) is 35.6 Å². The van der Waals surface area contributed by atoms with Crippen molar-refractivity contribution in [1.82, 2.24) is 5.32 Å². The predicted molar refractivity (Wildman–Crippen MR) is 78.0 cm³/mol. The molecule has 0 aromatic heterocycles. The summed E-state index contributed by atoms with van der Waals surface area (Å²) in [6.45, 7) is 0.999. The van der Waals surface area contributed by atoms with Crippen molar-refractivity contribution in [2.24, 2.45) is 0 Å². The average Bonchev–Trinajstić information content (AvgIpc) is 2.38. The lowest BCUT2D eigenvalue weighted by Crippen LogP contribution is -2.33. The highest BCUT2D eigenvalue weighted by atomic mass is 32.2. The molecule has 94 valence electrons. The molecule has 1 heterocycles. The van der Waals surface area contributed by atoms with E-state index in [-0.39, 0.29) is 0 Å². The molecule has 2 nitrogen and oxygen atoms in total. The van der Waals surface area contributed by atoms with Crippen molar-refractivity contribution in [3.05, 3.63) is 29.8 Å². The van der Waals surface area contributed by atoms with Crippen LogP contribution in [0.2, 0.25) is 0 Å². The Hall–Kier alpha value is -0.670. The zero-order valence-electron chi connectivity index (χ0n) is 10.8. The molecule has 0 saturated carbocycles. The normalized spacial score (nSPS) is 20.2. The van der Waals surface area contributed by atoms with Crippen LogP contribution < -0.4 is 10.2 Å². The van der Waals surface area contributed by atoms with Gasteiger partial charge in [0.25, 0.3) is 0 Å². The van der Waals surface area contributed by atoms with E-state index in [9.17, 15) is 0 Å². The van der Waals surface area contributed by atoms with Gasteiger partial charge in [-0.15, -0.1) is 0 Å². The Morgan fingerprint density at radius 3 is 2.65 bits per heavy atom. The minimum atomic E-state index is 0.710. The first-order valence-electron chi connectivity index (χ1n) is 6.33. The van der Waals surface area contributed by atoms with Gasteiger partial charge in [-0.25, -0.2) is 0 Å². The summed E-state index contributed by atoms with van der Waals surface area (Å²) in [7, 11) is 4.15. The van der Waals surface area contributed by atoms with E-state index in [1.54, 1.807) is 0 Å². The number of benzene rings is 1. The first kappa shape index (κ1) is 12.8. The van der Waals surface area contributed by atoms with Crippen molar-refractivity contribution in [2.45, 2.75) is 25.4 Å². The van der Waals surface area contributed by atoms with Gasteiger partial charge in [0.15, 0.2) is 0 Å². The number of anilines is 1. The standard InChI is InChI=1S/C14H22N2S/c1-16(2)14-7-5-12(6-8-14)10-15-13-4-3-9-17-11-13/h5-8,13,15H,3-4,9-11H2,1-2H3. The number of nitrogens with zero attached hydrogens (tertiary/aromatic N) is 1. The van der Waals surface area contributed by atoms with Gasteiger partial charge in [0.2, 0.25) is 0 Å². The number of nitrogens with one attached hydrogen (secondary N) is 1. The van der Waals surface area contributed by atoms with E-state index >= 15 is 0 Å². The number of rotatable bonds is 4. The summed E-state index contributed by atoms with van der Waals surface area (Å²) in [6, 6.07) is 9.53. The third kappa shape index (κ3) is 3.93. The van der Waals surface area contributed by atoms with Crippen LogP contribution in [-0.2, 0) is 6.54 Å². The van der Waals surface area contributed by atoms with Gasteiger partial charge in [-0.1, -0.05) is 12.1 Å². The van der Waals surface area contributed by atoms with Crippen LogP contribution in [0, 0.1) is 0 Å². The second kappa shape index (κ2) is 6.31. The van der Waals surface area contributed by atoms with Gasteiger partial charge in [-0.05, 0) is 36.3 Å². The molecule has 0 radical (unpaired) electrons. The van der Waals surface area contributed by atoms with Crippen molar-refractivity contribution < 1.29 is 0 Å². The van der Waals surface area contributed by atoms with Gasteiger partial charge in [0.1, 0.15) is 0 Å². The SMILES string of the molecule is CN(C)c1ccc(CNC2CCCSC2)cc1. The van der Waals surface area contributed by atoms with Crippen LogP contribution in [-0.4, -0.2) is 31.6 Å². The third-order valence-electron chi connectivity index (χ3n) is 3.21. The average molecular weight is 250 g/mol. The molecule has 1 saturated heterocycles. The van der Waals surface area contributed by atoms with Crippen molar-refractivity contribution in [2.75, 3.05) is 30.5 Å². The Bertz CT molecular complexity index is 329. The summed E-state index contributed by atoms with van der Waals surface area (Å²) in [4.78, 5) is 2.13. The summed E-state index contributed by atoms with van der Waals surface area (Å²) >= 11 is 2.08. The molecular formula is C14H22N2S. The molecule has 1 aliphatic rings. The van der Waals surface area contributed by atoms with Crippen molar-refractivity contribution in [1.29, 1.82) is 0 Å². The van der Waals surface area contributed by atoms with Crippen LogP contribution in [0.3, 0.4) is 0 Å². The van der Waals surface area contributed by atoms with Gasteiger partial charge in [-0.2, -0.15) is 11.8 Å². The fraction of sp³-hybridized carbons (Fsp3) is 0.571. The molecule has 0 amide bonds. The Labute approximate surface area is 109 Å².